The zero-order valence-corrected chi connectivity index (χ0v) is 9.05. The smallest absolute Gasteiger partial charge is 0.405 e. The van der Waals surface area contributed by atoms with E-state index in [1.165, 1.54) is 0 Å². The van der Waals surface area contributed by atoms with Crippen molar-refractivity contribution < 1.29 is 24.2 Å². The van der Waals surface area contributed by atoms with E-state index in [-0.39, 0.29) is 6.29 Å². The molecule has 0 spiro atoms. The van der Waals surface area contributed by atoms with Gasteiger partial charge in [0.1, 0.15) is 6.29 Å². The SMILES string of the molecule is O=CC(CCO[C@H]1CCCCO1)NC(=O)O. The van der Waals surface area contributed by atoms with E-state index in [2.05, 4.69) is 5.32 Å². The van der Waals surface area contributed by atoms with Crippen LogP contribution in [0.4, 0.5) is 4.79 Å². The van der Waals surface area contributed by atoms with Gasteiger partial charge in [-0.1, -0.05) is 0 Å². The predicted molar refractivity (Wildman–Crippen MR) is 55.2 cm³/mol. The molecule has 0 aliphatic carbocycles. The largest absolute Gasteiger partial charge is 0.465 e. The molecule has 1 aliphatic heterocycles. The summed E-state index contributed by atoms with van der Waals surface area (Å²) < 4.78 is 10.7. The van der Waals surface area contributed by atoms with E-state index in [1.54, 1.807) is 0 Å². The third-order valence-corrected chi connectivity index (χ3v) is 2.34. The molecule has 0 bridgehead atoms. The zero-order chi connectivity index (χ0) is 11.8. The summed E-state index contributed by atoms with van der Waals surface area (Å²) in [6.45, 7) is 1.02. The van der Waals surface area contributed by atoms with E-state index in [9.17, 15) is 9.59 Å². The third kappa shape index (κ3) is 5.09. The second-order valence-electron chi connectivity index (χ2n) is 3.65. The van der Waals surface area contributed by atoms with Gasteiger partial charge in [0.25, 0.3) is 0 Å². The lowest BCUT2D eigenvalue weighted by atomic mass is 10.2. The molecule has 2 atom stereocenters. The minimum absolute atomic E-state index is 0.203. The maximum Gasteiger partial charge on any atom is 0.405 e. The minimum atomic E-state index is -1.20. The molecule has 92 valence electrons. The average Bonchev–Trinajstić information content (AvgIpc) is 2.28. The summed E-state index contributed by atoms with van der Waals surface area (Å²) in [5.74, 6) is 0. The molecule has 16 heavy (non-hydrogen) atoms. The maximum absolute atomic E-state index is 10.5. The maximum atomic E-state index is 10.5. The van der Waals surface area contributed by atoms with Crippen molar-refractivity contribution in [2.45, 2.75) is 38.0 Å². The van der Waals surface area contributed by atoms with Crippen LogP contribution in [0.15, 0.2) is 0 Å². The summed E-state index contributed by atoms with van der Waals surface area (Å²) in [5.41, 5.74) is 0. The Labute approximate surface area is 93.9 Å². The first kappa shape index (κ1) is 12.9. The first-order chi connectivity index (χ1) is 7.72. The number of carbonyl (C=O) groups excluding carboxylic acids is 1. The van der Waals surface area contributed by atoms with E-state index in [1.807, 2.05) is 0 Å². The molecule has 0 saturated carbocycles. The summed E-state index contributed by atoms with van der Waals surface area (Å²) >= 11 is 0. The van der Waals surface area contributed by atoms with Crippen molar-refractivity contribution in [3.8, 4) is 0 Å². The number of carboxylic acid groups (broad SMARTS) is 1. The Kier molecular flexibility index (Phi) is 5.81. The van der Waals surface area contributed by atoms with Crippen LogP contribution in [0.5, 0.6) is 0 Å². The molecule has 1 saturated heterocycles. The summed E-state index contributed by atoms with van der Waals surface area (Å²) in [4.78, 5) is 20.8. The Morgan fingerprint density at radius 1 is 1.62 bits per heavy atom. The monoisotopic (exact) mass is 231 g/mol. The molecular weight excluding hydrogens is 214 g/mol. The molecule has 6 heteroatoms. The van der Waals surface area contributed by atoms with Crippen molar-refractivity contribution in [1.82, 2.24) is 5.32 Å². The lowest BCUT2D eigenvalue weighted by Crippen LogP contribution is -2.36. The van der Waals surface area contributed by atoms with Gasteiger partial charge in [-0.3, -0.25) is 0 Å². The Bertz CT molecular complexity index is 227. The van der Waals surface area contributed by atoms with Crippen molar-refractivity contribution >= 4 is 12.4 Å². The highest BCUT2D eigenvalue weighted by molar-refractivity contribution is 5.71. The Morgan fingerprint density at radius 2 is 2.44 bits per heavy atom. The number of ether oxygens (including phenoxy) is 2. The van der Waals surface area contributed by atoms with Crippen molar-refractivity contribution in [3.05, 3.63) is 0 Å². The number of hydrogen-bond acceptors (Lipinski definition) is 4. The molecule has 6 nitrogen and oxygen atoms in total. The molecule has 2 N–H and O–H groups in total. The fraction of sp³-hybridized carbons (Fsp3) is 0.800. The third-order valence-electron chi connectivity index (χ3n) is 2.34. The average molecular weight is 231 g/mol. The second-order valence-corrected chi connectivity index (χ2v) is 3.65. The van der Waals surface area contributed by atoms with E-state index >= 15 is 0 Å². The summed E-state index contributed by atoms with van der Waals surface area (Å²) in [6, 6.07) is -0.707. The van der Waals surface area contributed by atoms with Gasteiger partial charge in [0.2, 0.25) is 0 Å². The lowest BCUT2D eigenvalue weighted by Gasteiger charge is -2.23. The van der Waals surface area contributed by atoms with Crippen LogP contribution in [0.2, 0.25) is 0 Å². The molecule has 1 unspecified atom stereocenters. The quantitative estimate of drug-likeness (QED) is 0.659. The van der Waals surface area contributed by atoms with E-state index < -0.39 is 12.1 Å². The normalized spacial score (nSPS) is 22.4. The van der Waals surface area contributed by atoms with Gasteiger partial charge in [-0.25, -0.2) is 4.79 Å². The van der Waals surface area contributed by atoms with Crippen LogP contribution in [-0.4, -0.2) is 43.0 Å². The number of rotatable bonds is 6. The van der Waals surface area contributed by atoms with Crippen molar-refractivity contribution in [1.29, 1.82) is 0 Å². The molecule has 0 aromatic rings. The topological polar surface area (TPSA) is 84.9 Å². The van der Waals surface area contributed by atoms with Gasteiger partial charge in [-0.2, -0.15) is 0 Å². The fourth-order valence-electron chi connectivity index (χ4n) is 1.50. The Balaban J connectivity index is 2.12. The summed E-state index contributed by atoms with van der Waals surface area (Å²) in [6.07, 6.45) is 2.48. The van der Waals surface area contributed by atoms with Crippen LogP contribution in [0.3, 0.4) is 0 Å². The van der Waals surface area contributed by atoms with Crippen LogP contribution >= 0.6 is 0 Å². The zero-order valence-electron chi connectivity index (χ0n) is 9.05. The number of nitrogens with one attached hydrogen (secondary N) is 1. The van der Waals surface area contributed by atoms with Crippen LogP contribution in [-0.2, 0) is 14.3 Å². The molecule has 1 amide bonds. The minimum Gasteiger partial charge on any atom is -0.465 e. The molecule has 1 fully saturated rings. The first-order valence-electron chi connectivity index (χ1n) is 5.40. The van der Waals surface area contributed by atoms with Gasteiger partial charge in [0.15, 0.2) is 6.29 Å². The molecule has 1 aliphatic rings. The van der Waals surface area contributed by atoms with Gasteiger partial charge in [-0.05, 0) is 25.7 Å². The van der Waals surface area contributed by atoms with E-state index in [0.717, 1.165) is 19.3 Å². The molecule has 0 aromatic heterocycles. The number of hydrogen-bond donors (Lipinski definition) is 2. The number of carbonyl (C=O) groups is 2. The van der Waals surface area contributed by atoms with Crippen LogP contribution < -0.4 is 5.32 Å². The van der Waals surface area contributed by atoms with Gasteiger partial charge < -0.3 is 24.7 Å². The Hall–Kier alpha value is -1.14. The van der Waals surface area contributed by atoms with E-state index in [0.29, 0.717) is 25.9 Å². The Morgan fingerprint density at radius 3 is 3.00 bits per heavy atom. The molecular formula is C10H17NO5. The van der Waals surface area contributed by atoms with Crippen molar-refractivity contribution in [3.63, 3.8) is 0 Å². The van der Waals surface area contributed by atoms with Gasteiger partial charge in [-0.15, -0.1) is 0 Å². The van der Waals surface area contributed by atoms with E-state index in [4.69, 9.17) is 14.6 Å². The predicted octanol–water partition coefficient (Wildman–Crippen LogP) is 0.755. The first-order valence-corrected chi connectivity index (χ1v) is 5.40. The highest BCUT2D eigenvalue weighted by atomic mass is 16.7. The summed E-state index contributed by atoms with van der Waals surface area (Å²) in [5, 5.41) is 10.5. The molecule has 0 radical (unpaired) electrons. The lowest BCUT2D eigenvalue weighted by molar-refractivity contribution is -0.163. The van der Waals surface area contributed by atoms with Crippen molar-refractivity contribution in [2.75, 3.05) is 13.2 Å². The fourth-order valence-corrected chi connectivity index (χ4v) is 1.50. The van der Waals surface area contributed by atoms with Crippen LogP contribution in [0.25, 0.3) is 0 Å². The van der Waals surface area contributed by atoms with Crippen LogP contribution in [0, 0.1) is 0 Å². The summed E-state index contributed by atoms with van der Waals surface area (Å²) in [7, 11) is 0. The number of aldehydes is 1. The molecule has 1 rings (SSSR count). The van der Waals surface area contributed by atoms with Gasteiger partial charge >= 0.3 is 6.09 Å². The molecule has 1 heterocycles. The standard InChI is InChI=1S/C10H17NO5/c12-7-8(11-10(13)14)4-6-16-9-3-1-2-5-15-9/h7-9,11H,1-6H2,(H,13,14)/t8?,9-/m0/s1. The second kappa shape index (κ2) is 7.19. The van der Waals surface area contributed by atoms with Gasteiger partial charge in [0, 0.05) is 6.61 Å². The molecule has 0 aromatic carbocycles. The van der Waals surface area contributed by atoms with Gasteiger partial charge in [0.05, 0.1) is 12.6 Å². The highest BCUT2D eigenvalue weighted by Gasteiger charge is 2.15. The number of amides is 1. The van der Waals surface area contributed by atoms with Crippen LogP contribution in [0.1, 0.15) is 25.7 Å². The highest BCUT2D eigenvalue weighted by Crippen LogP contribution is 2.13. The van der Waals surface area contributed by atoms with Crippen molar-refractivity contribution in [2.24, 2.45) is 0 Å².